The molecule has 1 heterocycles. The zero-order valence-corrected chi connectivity index (χ0v) is 10.9. The molecule has 0 aliphatic heterocycles. The zero-order valence-electron chi connectivity index (χ0n) is 9.36. The van der Waals surface area contributed by atoms with E-state index >= 15 is 0 Å². The van der Waals surface area contributed by atoms with Crippen molar-refractivity contribution in [3.05, 3.63) is 59.1 Å². The molecule has 0 bridgehead atoms. The zero-order chi connectivity index (χ0) is 12.4. The highest BCUT2D eigenvalue weighted by Gasteiger charge is 2.11. The van der Waals surface area contributed by atoms with Crippen molar-refractivity contribution >= 4 is 15.9 Å². The lowest BCUT2D eigenvalue weighted by atomic mass is 10.2. The number of halogens is 1. The van der Waals surface area contributed by atoms with Crippen molar-refractivity contribution in [2.75, 3.05) is 0 Å². The molecule has 18 heavy (non-hydrogen) atoms. The molecule has 3 aromatic rings. The molecule has 0 fully saturated rings. The summed E-state index contributed by atoms with van der Waals surface area (Å²) in [5, 5.41) is 11.9. The van der Waals surface area contributed by atoms with E-state index in [4.69, 9.17) is 0 Å². The smallest absolute Gasteiger partial charge is 0.187 e. The van der Waals surface area contributed by atoms with Gasteiger partial charge in [-0.05, 0) is 38.5 Å². The Morgan fingerprint density at radius 2 is 1.61 bits per heavy atom. The van der Waals surface area contributed by atoms with Gasteiger partial charge >= 0.3 is 0 Å². The summed E-state index contributed by atoms with van der Waals surface area (Å²) in [4.78, 5) is 0. The van der Waals surface area contributed by atoms with Gasteiger partial charge in [-0.25, -0.2) is 0 Å². The summed E-state index contributed by atoms with van der Waals surface area (Å²) >= 11 is 3.51. The quantitative estimate of drug-likeness (QED) is 0.730. The average molecular weight is 301 g/mol. The van der Waals surface area contributed by atoms with Crippen LogP contribution in [-0.4, -0.2) is 20.2 Å². The van der Waals surface area contributed by atoms with E-state index in [2.05, 4.69) is 31.5 Å². The van der Waals surface area contributed by atoms with Gasteiger partial charge in [-0.2, -0.15) is 4.68 Å². The van der Waals surface area contributed by atoms with Gasteiger partial charge in [0, 0.05) is 10.0 Å². The minimum Gasteiger partial charge on any atom is -0.192 e. The predicted octanol–water partition coefficient (Wildman–Crippen LogP) is 3.09. The maximum atomic E-state index is 4.08. The Morgan fingerprint density at radius 3 is 2.39 bits per heavy atom. The summed E-state index contributed by atoms with van der Waals surface area (Å²) in [6.07, 6.45) is 0. The van der Waals surface area contributed by atoms with Crippen LogP contribution in [0.15, 0.2) is 59.1 Å². The van der Waals surface area contributed by atoms with Gasteiger partial charge in [-0.1, -0.05) is 42.5 Å². The number of hydrogen-bond donors (Lipinski definition) is 0. The fourth-order valence-electron chi connectivity index (χ4n) is 1.74. The molecule has 0 saturated heterocycles. The van der Waals surface area contributed by atoms with Gasteiger partial charge < -0.3 is 0 Å². The summed E-state index contributed by atoms with van der Waals surface area (Å²) in [5.74, 6) is 0.725. The van der Waals surface area contributed by atoms with Crippen molar-refractivity contribution in [1.82, 2.24) is 20.2 Å². The molecule has 4 nitrogen and oxygen atoms in total. The van der Waals surface area contributed by atoms with Crippen LogP contribution >= 0.6 is 15.9 Å². The normalized spacial score (nSPS) is 10.5. The van der Waals surface area contributed by atoms with Crippen molar-refractivity contribution in [2.24, 2.45) is 0 Å². The second-order valence-electron chi connectivity index (χ2n) is 3.73. The van der Waals surface area contributed by atoms with Gasteiger partial charge in [0.1, 0.15) is 0 Å². The summed E-state index contributed by atoms with van der Waals surface area (Å²) in [6, 6.07) is 17.7. The molecule has 0 spiro atoms. The monoisotopic (exact) mass is 300 g/mol. The standard InChI is InChI=1S/C13H9BrN4/c14-11-8-4-5-9-12(11)18-13(15-16-17-18)10-6-2-1-3-7-10/h1-9H. The fraction of sp³-hybridized carbons (Fsp3) is 0. The molecule has 0 aliphatic rings. The second-order valence-corrected chi connectivity index (χ2v) is 4.59. The molecule has 1 aromatic heterocycles. The fourth-order valence-corrected chi connectivity index (χ4v) is 2.19. The van der Waals surface area contributed by atoms with Crippen molar-refractivity contribution in [3.63, 3.8) is 0 Å². The van der Waals surface area contributed by atoms with E-state index in [0.717, 1.165) is 21.5 Å². The Hall–Kier alpha value is -2.01. The van der Waals surface area contributed by atoms with E-state index in [9.17, 15) is 0 Å². The van der Waals surface area contributed by atoms with E-state index in [1.807, 2.05) is 54.6 Å². The molecule has 88 valence electrons. The van der Waals surface area contributed by atoms with Gasteiger partial charge in [0.25, 0.3) is 0 Å². The number of aromatic nitrogens is 4. The SMILES string of the molecule is Brc1ccccc1-n1nnnc1-c1ccccc1. The summed E-state index contributed by atoms with van der Waals surface area (Å²) < 4.78 is 2.67. The number of para-hydroxylation sites is 1. The molecule has 0 saturated carbocycles. The van der Waals surface area contributed by atoms with Gasteiger partial charge in [-0.3, -0.25) is 0 Å². The molecule has 0 unspecified atom stereocenters. The number of nitrogens with zero attached hydrogens (tertiary/aromatic N) is 4. The van der Waals surface area contributed by atoms with Gasteiger partial charge in [-0.15, -0.1) is 5.10 Å². The minimum absolute atomic E-state index is 0.725. The minimum atomic E-state index is 0.725. The van der Waals surface area contributed by atoms with E-state index in [-0.39, 0.29) is 0 Å². The molecule has 0 amide bonds. The van der Waals surface area contributed by atoms with Gasteiger partial charge in [0.2, 0.25) is 0 Å². The van der Waals surface area contributed by atoms with Crippen LogP contribution in [0.5, 0.6) is 0 Å². The molecule has 0 atom stereocenters. The third kappa shape index (κ3) is 1.93. The van der Waals surface area contributed by atoms with Crippen molar-refractivity contribution in [1.29, 1.82) is 0 Å². The van der Waals surface area contributed by atoms with Crippen LogP contribution in [0.1, 0.15) is 0 Å². The first-order valence-electron chi connectivity index (χ1n) is 5.45. The van der Waals surface area contributed by atoms with Crippen LogP contribution in [0.3, 0.4) is 0 Å². The molecule has 0 radical (unpaired) electrons. The largest absolute Gasteiger partial charge is 0.192 e. The highest BCUT2D eigenvalue weighted by Crippen LogP contribution is 2.24. The Morgan fingerprint density at radius 1 is 0.889 bits per heavy atom. The maximum Gasteiger partial charge on any atom is 0.187 e. The van der Waals surface area contributed by atoms with Crippen LogP contribution in [-0.2, 0) is 0 Å². The molecule has 0 N–H and O–H groups in total. The third-order valence-corrected chi connectivity index (χ3v) is 3.25. The van der Waals surface area contributed by atoms with E-state index in [1.165, 1.54) is 0 Å². The first kappa shape index (κ1) is 11.1. The van der Waals surface area contributed by atoms with Crippen LogP contribution in [0.25, 0.3) is 17.1 Å². The molecule has 3 rings (SSSR count). The highest BCUT2D eigenvalue weighted by atomic mass is 79.9. The molecular weight excluding hydrogens is 292 g/mol. The number of rotatable bonds is 2. The first-order valence-corrected chi connectivity index (χ1v) is 6.24. The maximum absolute atomic E-state index is 4.08. The Kier molecular flexibility index (Phi) is 2.90. The summed E-state index contributed by atoms with van der Waals surface area (Å²) in [6.45, 7) is 0. The average Bonchev–Trinajstić information content (AvgIpc) is 2.89. The first-order chi connectivity index (χ1) is 8.86. The molecule has 0 aliphatic carbocycles. The molecular formula is C13H9BrN4. The van der Waals surface area contributed by atoms with Crippen LogP contribution in [0.4, 0.5) is 0 Å². The topological polar surface area (TPSA) is 43.6 Å². The number of hydrogen-bond acceptors (Lipinski definition) is 3. The number of tetrazole rings is 1. The molecule has 2 aromatic carbocycles. The van der Waals surface area contributed by atoms with Gasteiger partial charge in [0.15, 0.2) is 5.82 Å². The van der Waals surface area contributed by atoms with E-state index in [1.54, 1.807) is 4.68 Å². The van der Waals surface area contributed by atoms with Crippen LogP contribution < -0.4 is 0 Å². The Labute approximate surface area is 112 Å². The lowest BCUT2D eigenvalue weighted by Crippen LogP contribution is -2.00. The van der Waals surface area contributed by atoms with Crippen molar-refractivity contribution < 1.29 is 0 Å². The highest BCUT2D eigenvalue weighted by molar-refractivity contribution is 9.10. The lowest BCUT2D eigenvalue weighted by Gasteiger charge is -2.06. The lowest BCUT2D eigenvalue weighted by molar-refractivity contribution is 0.789. The van der Waals surface area contributed by atoms with Gasteiger partial charge in [0.05, 0.1) is 5.69 Å². The van der Waals surface area contributed by atoms with E-state index in [0.29, 0.717) is 0 Å². The van der Waals surface area contributed by atoms with Crippen LogP contribution in [0.2, 0.25) is 0 Å². The Bertz CT molecular complexity index is 664. The predicted molar refractivity (Wildman–Crippen MR) is 72.3 cm³/mol. The third-order valence-electron chi connectivity index (χ3n) is 2.58. The van der Waals surface area contributed by atoms with Crippen molar-refractivity contribution in [3.8, 4) is 17.1 Å². The molecule has 5 heteroatoms. The second kappa shape index (κ2) is 4.70. The summed E-state index contributed by atoms with van der Waals surface area (Å²) in [7, 11) is 0. The van der Waals surface area contributed by atoms with E-state index < -0.39 is 0 Å². The van der Waals surface area contributed by atoms with Crippen LogP contribution in [0, 0.1) is 0 Å². The van der Waals surface area contributed by atoms with Crippen molar-refractivity contribution in [2.45, 2.75) is 0 Å². The summed E-state index contributed by atoms with van der Waals surface area (Å²) in [5.41, 5.74) is 1.90. The Balaban J connectivity index is 2.16. The number of benzene rings is 2.